The van der Waals surface area contributed by atoms with Crippen molar-refractivity contribution in [3.63, 3.8) is 0 Å². The summed E-state index contributed by atoms with van der Waals surface area (Å²) in [4.78, 5) is 17.4. The lowest BCUT2D eigenvalue weighted by atomic mass is 9.79. The molecule has 3 rings (SSSR count). The zero-order valence-electron chi connectivity index (χ0n) is 15.5. The van der Waals surface area contributed by atoms with Crippen molar-refractivity contribution in [2.45, 2.75) is 58.4 Å². The van der Waals surface area contributed by atoms with Gasteiger partial charge in [-0.15, -0.1) is 12.4 Å². The van der Waals surface area contributed by atoms with E-state index < -0.39 is 0 Å². The van der Waals surface area contributed by atoms with E-state index in [1.54, 1.807) is 0 Å². The smallest absolute Gasteiger partial charge is 0.225 e. The molecule has 24 heavy (non-hydrogen) atoms. The van der Waals surface area contributed by atoms with Crippen LogP contribution in [0.2, 0.25) is 0 Å². The maximum atomic E-state index is 12.6. The number of rotatable bonds is 3. The van der Waals surface area contributed by atoms with Crippen LogP contribution in [0.25, 0.3) is 0 Å². The number of carbonyl (C=O) groups excluding carboxylic acids is 1. The van der Waals surface area contributed by atoms with Gasteiger partial charge in [-0.3, -0.25) is 9.69 Å². The summed E-state index contributed by atoms with van der Waals surface area (Å²) in [5.41, 5.74) is 0. The monoisotopic (exact) mass is 357 g/mol. The van der Waals surface area contributed by atoms with Crippen molar-refractivity contribution in [1.82, 2.24) is 15.1 Å². The molecule has 3 fully saturated rings. The van der Waals surface area contributed by atoms with Gasteiger partial charge in [0.05, 0.1) is 0 Å². The van der Waals surface area contributed by atoms with Gasteiger partial charge >= 0.3 is 0 Å². The summed E-state index contributed by atoms with van der Waals surface area (Å²) in [6, 6.07) is 0.779. The number of amides is 1. The predicted octanol–water partition coefficient (Wildman–Crippen LogP) is 2.77. The van der Waals surface area contributed by atoms with E-state index in [0.29, 0.717) is 5.91 Å². The van der Waals surface area contributed by atoms with Crippen LogP contribution >= 0.6 is 12.4 Å². The summed E-state index contributed by atoms with van der Waals surface area (Å²) >= 11 is 0. The van der Waals surface area contributed by atoms with E-state index in [9.17, 15) is 4.79 Å². The van der Waals surface area contributed by atoms with Crippen LogP contribution in [0.3, 0.4) is 0 Å². The minimum Gasteiger partial charge on any atom is -0.340 e. The molecule has 2 saturated heterocycles. The standard InChI is InChI=1S/C19H35N3O.ClH/c1-15(2)16-3-5-18(6-4-16)21-11-13-22(14-12-21)19(23)17-7-9-20-10-8-17;/h15-18,20H,3-14H2,1-2H3;1H. The molecule has 1 aliphatic carbocycles. The van der Waals surface area contributed by atoms with E-state index in [2.05, 4.69) is 29.0 Å². The molecule has 2 aliphatic heterocycles. The molecule has 5 heteroatoms. The average molecular weight is 358 g/mol. The molecule has 0 aromatic rings. The zero-order chi connectivity index (χ0) is 16.2. The Morgan fingerprint density at radius 1 is 0.917 bits per heavy atom. The van der Waals surface area contributed by atoms with E-state index in [0.717, 1.165) is 70.0 Å². The van der Waals surface area contributed by atoms with Crippen LogP contribution in [0.4, 0.5) is 0 Å². The summed E-state index contributed by atoms with van der Waals surface area (Å²) in [5, 5.41) is 3.35. The van der Waals surface area contributed by atoms with E-state index in [1.807, 2.05) is 0 Å². The summed E-state index contributed by atoms with van der Waals surface area (Å²) in [7, 11) is 0. The Kier molecular flexibility index (Phi) is 7.83. The number of piperidine rings is 1. The van der Waals surface area contributed by atoms with Crippen molar-refractivity contribution in [3.8, 4) is 0 Å². The van der Waals surface area contributed by atoms with Gasteiger partial charge in [-0.25, -0.2) is 0 Å². The normalized spacial score (nSPS) is 30.2. The van der Waals surface area contributed by atoms with Crippen LogP contribution in [-0.4, -0.2) is 61.0 Å². The van der Waals surface area contributed by atoms with Crippen LogP contribution in [0, 0.1) is 17.8 Å². The van der Waals surface area contributed by atoms with Crippen LogP contribution in [0.5, 0.6) is 0 Å². The predicted molar refractivity (Wildman–Crippen MR) is 102 cm³/mol. The molecular formula is C19H36ClN3O. The Morgan fingerprint density at radius 3 is 2.04 bits per heavy atom. The van der Waals surface area contributed by atoms with E-state index in [-0.39, 0.29) is 18.3 Å². The number of piperazine rings is 1. The molecule has 1 saturated carbocycles. The second-order valence-corrected chi connectivity index (χ2v) is 8.20. The Hall–Kier alpha value is -0.320. The maximum absolute atomic E-state index is 12.6. The van der Waals surface area contributed by atoms with Crippen molar-refractivity contribution >= 4 is 18.3 Å². The maximum Gasteiger partial charge on any atom is 0.225 e. The van der Waals surface area contributed by atoms with Crippen LogP contribution in [-0.2, 0) is 4.79 Å². The first kappa shape index (κ1) is 20.0. The highest BCUT2D eigenvalue weighted by atomic mass is 35.5. The van der Waals surface area contributed by atoms with Crippen molar-refractivity contribution in [2.24, 2.45) is 17.8 Å². The molecule has 2 heterocycles. The molecule has 140 valence electrons. The fraction of sp³-hybridized carbons (Fsp3) is 0.947. The molecule has 3 aliphatic rings. The second kappa shape index (κ2) is 9.40. The van der Waals surface area contributed by atoms with Crippen LogP contribution in [0.15, 0.2) is 0 Å². The minimum atomic E-state index is 0. The summed E-state index contributed by atoms with van der Waals surface area (Å²) in [6.45, 7) is 10.8. The molecule has 0 aromatic carbocycles. The van der Waals surface area contributed by atoms with E-state index in [4.69, 9.17) is 0 Å². The van der Waals surface area contributed by atoms with E-state index >= 15 is 0 Å². The van der Waals surface area contributed by atoms with Crippen molar-refractivity contribution in [1.29, 1.82) is 0 Å². The molecule has 0 spiro atoms. The van der Waals surface area contributed by atoms with Gasteiger partial charge < -0.3 is 10.2 Å². The molecule has 0 bridgehead atoms. The summed E-state index contributed by atoms with van der Waals surface area (Å²) in [5.74, 6) is 2.49. The van der Waals surface area contributed by atoms with Crippen molar-refractivity contribution in [2.75, 3.05) is 39.3 Å². The lowest BCUT2D eigenvalue weighted by Crippen LogP contribution is -2.54. The third kappa shape index (κ3) is 4.86. The van der Waals surface area contributed by atoms with Crippen LogP contribution < -0.4 is 5.32 Å². The molecule has 0 unspecified atom stereocenters. The first-order valence-corrected chi connectivity index (χ1v) is 9.88. The van der Waals surface area contributed by atoms with Gasteiger partial charge in [-0.1, -0.05) is 13.8 Å². The number of carbonyl (C=O) groups is 1. The van der Waals surface area contributed by atoms with Crippen LogP contribution in [0.1, 0.15) is 52.4 Å². The van der Waals surface area contributed by atoms with Gasteiger partial charge in [-0.05, 0) is 63.5 Å². The fourth-order valence-electron chi connectivity index (χ4n) is 4.77. The minimum absolute atomic E-state index is 0. The van der Waals surface area contributed by atoms with Crippen molar-refractivity contribution in [3.05, 3.63) is 0 Å². The highest BCUT2D eigenvalue weighted by Gasteiger charge is 2.32. The third-order valence-electron chi connectivity index (χ3n) is 6.51. The lowest BCUT2D eigenvalue weighted by Gasteiger charge is -2.43. The van der Waals surface area contributed by atoms with Gasteiger partial charge in [-0.2, -0.15) is 0 Å². The Balaban J connectivity index is 0.00000208. The topological polar surface area (TPSA) is 35.6 Å². The lowest BCUT2D eigenvalue weighted by molar-refractivity contribution is -0.138. The quantitative estimate of drug-likeness (QED) is 0.843. The molecule has 1 amide bonds. The molecule has 4 nitrogen and oxygen atoms in total. The van der Waals surface area contributed by atoms with Gasteiger partial charge in [0.25, 0.3) is 0 Å². The SMILES string of the molecule is CC(C)C1CCC(N2CCN(C(=O)C3CCNCC3)CC2)CC1.Cl. The van der Waals surface area contributed by atoms with Gasteiger partial charge in [0.15, 0.2) is 0 Å². The largest absolute Gasteiger partial charge is 0.340 e. The fourth-order valence-corrected chi connectivity index (χ4v) is 4.77. The summed E-state index contributed by atoms with van der Waals surface area (Å²) < 4.78 is 0. The highest BCUT2D eigenvalue weighted by Crippen LogP contribution is 2.32. The Bertz CT molecular complexity index is 382. The van der Waals surface area contributed by atoms with E-state index in [1.165, 1.54) is 25.7 Å². The molecular weight excluding hydrogens is 322 g/mol. The van der Waals surface area contributed by atoms with Gasteiger partial charge in [0.2, 0.25) is 5.91 Å². The molecule has 1 N–H and O–H groups in total. The molecule has 0 radical (unpaired) electrons. The van der Waals surface area contributed by atoms with Crippen molar-refractivity contribution < 1.29 is 4.79 Å². The second-order valence-electron chi connectivity index (χ2n) is 8.20. The number of hydrogen-bond acceptors (Lipinski definition) is 3. The molecule has 0 atom stereocenters. The molecule has 0 aromatic heterocycles. The first-order chi connectivity index (χ1) is 11.1. The Labute approximate surface area is 154 Å². The number of nitrogens with one attached hydrogen (secondary N) is 1. The number of nitrogens with zero attached hydrogens (tertiary/aromatic N) is 2. The average Bonchev–Trinajstić information content (AvgIpc) is 2.62. The first-order valence-electron chi connectivity index (χ1n) is 9.88. The summed E-state index contributed by atoms with van der Waals surface area (Å²) in [6.07, 6.45) is 7.58. The number of hydrogen-bond donors (Lipinski definition) is 1. The van der Waals surface area contributed by atoms with Gasteiger partial charge in [0.1, 0.15) is 0 Å². The zero-order valence-corrected chi connectivity index (χ0v) is 16.3. The Morgan fingerprint density at radius 2 is 1.50 bits per heavy atom. The highest BCUT2D eigenvalue weighted by molar-refractivity contribution is 5.85. The number of halogens is 1. The third-order valence-corrected chi connectivity index (χ3v) is 6.51. The van der Waals surface area contributed by atoms with Gasteiger partial charge in [0, 0.05) is 38.1 Å².